The monoisotopic (exact) mass is 507 g/mol. The van der Waals surface area contributed by atoms with Crippen molar-refractivity contribution in [2.75, 3.05) is 13.7 Å². The number of halogens is 2. The van der Waals surface area contributed by atoms with E-state index in [4.69, 9.17) is 9.47 Å². The highest BCUT2D eigenvalue weighted by Gasteiger charge is 2.17. The number of fused-ring (bicyclic) bond motifs is 1. The lowest BCUT2D eigenvalue weighted by Gasteiger charge is -2.16. The molecule has 0 aliphatic carbocycles. The van der Waals surface area contributed by atoms with E-state index in [-0.39, 0.29) is 12.1 Å². The van der Waals surface area contributed by atoms with Crippen LogP contribution >= 0.6 is 15.9 Å². The lowest BCUT2D eigenvalue weighted by molar-refractivity contribution is 0.0901. The predicted octanol–water partition coefficient (Wildman–Crippen LogP) is 5.19. The van der Waals surface area contributed by atoms with Gasteiger partial charge in [-0.2, -0.15) is 0 Å². The number of methoxy groups -OCH3 is 1. The molecule has 6 nitrogen and oxygen atoms in total. The first-order valence-corrected chi connectivity index (χ1v) is 14.5. The summed E-state index contributed by atoms with van der Waals surface area (Å²) in [4.78, 5) is 17.2. The number of rotatable bonds is 9. The topological polar surface area (TPSA) is 65.4 Å². The van der Waals surface area contributed by atoms with Crippen molar-refractivity contribution >= 4 is 40.8 Å². The van der Waals surface area contributed by atoms with Crippen LogP contribution in [-0.4, -0.2) is 37.2 Å². The van der Waals surface area contributed by atoms with Gasteiger partial charge in [-0.05, 0) is 46.2 Å². The van der Waals surface area contributed by atoms with Crippen molar-refractivity contribution in [3.63, 3.8) is 0 Å². The van der Waals surface area contributed by atoms with Gasteiger partial charge in [0.1, 0.15) is 18.3 Å². The van der Waals surface area contributed by atoms with Gasteiger partial charge < -0.3 is 19.4 Å². The molecule has 0 saturated carbocycles. The first-order chi connectivity index (χ1) is 14.7. The molecule has 1 N–H and O–H groups in total. The van der Waals surface area contributed by atoms with E-state index < -0.39 is 19.8 Å². The van der Waals surface area contributed by atoms with Gasteiger partial charge in [0.2, 0.25) is 0 Å². The third-order valence-corrected chi connectivity index (χ3v) is 7.21. The van der Waals surface area contributed by atoms with Crippen molar-refractivity contribution < 1.29 is 18.7 Å². The molecule has 2 heterocycles. The Morgan fingerprint density at radius 1 is 1.29 bits per heavy atom. The second kappa shape index (κ2) is 9.93. The number of amides is 1. The van der Waals surface area contributed by atoms with Crippen LogP contribution < -0.4 is 10.1 Å². The maximum Gasteiger partial charge on any atom is 0.255 e. The van der Waals surface area contributed by atoms with Crippen LogP contribution in [0, 0.1) is 5.82 Å². The molecule has 0 atom stereocenters. The molecule has 166 valence electrons. The largest absolute Gasteiger partial charge is 0.496 e. The molecule has 0 spiro atoms. The fraction of sp³-hybridized carbons (Fsp3) is 0.364. The molecule has 3 rings (SSSR count). The Labute approximate surface area is 190 Å². The molecule has 0 saturated heterocycles. The molecule has 0 fully saturated rings. The molecule has 2 aromatic heterocycles. The van der Waals surface area contributed by atoms with Gasteiger partial charge in [-0.3, -0.25) is 9.78 Å². The minimum atomic E-state index is -1.16. The van der Waals surface area contributed by atoms with Crippen molar-refractivity contribution in [1.82, 2.24) is 14.9 Å². The van der Waals surface area contributed by atoms with Crippen LogP contribution in [-0.2, 0) is 18.0 Å². The Kier molecular flexibility index (Phi) is 7.50. The molecule has 1 amide bonds. The SMILES string of the molecule is COc1ccc(F)cc1C(=O)NCc1ncc(Br)c2ccn(COCC[Si](C)(C)C)c12. The first kappa shape index (κ1) is 23.4. The van der Waals surface area contributed by atoms with Crippen LogP contribution in [0.4, 0.5) is 4.39 Å². The summed E-state index contributed by atoms with van der Waals surface area (Å²) in [5, 5.41) is 3.80. The number of carbonyl (C=O) groups is 1. The smallest absolute Gasteiger partial charge is 0.255 e. The van der Waals surface area contributed by atoms with Crippen molar-refractivity contribution in [2.24, 2.45) is 0 Å². The van der Waals surface area contributed by atoms with Gasteiger partial charge in [0, 0.05) is 36.9 Å². The molecule has 1 aromatic carbocycles. The zero-order valence-electron chi connectivity index (χ0n) is 18.2. The number of pyridine rings is 1. The molecule has 0 bridgehead atoms. The number of aromatic nitrogens is 2. The van der Waals surface area contributed by atoms with E-state index in [1.165, 1.54) is 19.2 Å². The highest BCUT2D eigenvalue weighted by molar-refractivity contribution is 9.10. The Morgan fingerprint density at radius 2 is 2.06 bits per heavy atom. The first-order valence-electron chi connectivity index (χ1n) is 10.0. The molecule has 3 aromatic rings. The van der Waals surface area contributed by atoms with E-state index in [2.05, 4.69) is 45.9 Å². The van der Waals surface area contributed by atoms with E-state index in [9.17, 15) is 9.18 Å². The molecular weight excluding hydrogens is 481 g/mol. The number of benzene rings is 1. The highest BCUT2D eigenvalue weighted by atomic mass is 79.9. The number of nitrogens with one attached hydrogen (secondary N) is 1. The number of ether oxygens (including phenoxy) is 2. The summed E-state index contributed by atoms with van der Waals surface area (Å²) in [6.45, 7) is 8.25. The third kappa shape index (κ3) is 5.93. The second-order valence-electron chi connectivity index (χ2n) is 8.48. The van der Waals surface area contributed by atoms with E-state index in [0.717, 1.165) is 27.5 Å². The van der Waals surface area contributed by atoms with E-state index >= 15 is 0 Å². The maximum absolute atomic E-state index is 13.6. The molecule has 0 aliphatic rings. The van der Waals surface area contributed by atoms with Crippen LogP contribution in [0.1, 0.15) is 16.1 Å². The minimum absolute atomic E-state index is 0.140. The average Bonchev–Trinajstić information content (AvgIpc) is 3.15. The molecule has 0 aliphatic heterocycles. The zero-order valence-corrected chi connectivity index (χ0v) is 20.8. The van der Waals surface area contributed by atoms with Crippen LogP contribution in [0.2, 0.25) is 25.7 Å². The third-order valence-electron chi connectivity index (χ3n) is 4.88. The van der Waals surface area contributed by atoms with Gasteiger partial charge in [0.15, 0.2) is 0 Å². The summed E-state index contributed by atoms with van der Waals surface area (Å²) in [6.07, 6.45) is 3.66. The summed E-state index contributed by atoms with van der Waals surface area (Å²) in [5.74, 6) is -0.620. The summed E-state index contributed by atoms with van der Waals surface area (Å²) in [6, 6.07) is 6.93. The highest BCUT2D eigenvalue weighted by Crippen LogP contribution is 2.27. The maximum atomic E-state index is 13.6. The number of hydrogen-bond donors (Lipinski definition) is 1. The summed E-state index contributed by atoms with van der Waals surface area (Å²) in [5.41, 5.74) is 1.72. The minimum Gasteiger partial charge on any atom is -0.496 e. The number of nitrogens with zero attached hydrogens (tertiary/aromatic N) is 2. The fourth-order valence-electron chi connectivity index (χ4n) is 3.15. The van der Waals surface area contributed by atoms with Crippen LogP contribution in [0.3, 0.4) is 0 Å². The van der Waals surface area contributed by atoms with E-state index in [1.807, 2.05) is 16.8 Å². The zero-order chi connectivity index (χ0) is 22.6. The Hall–Kier alpha value is -2.23. The quantitative estimate of drug-likeness (QED) is 0.319. The van der Waals surface area contributed by atoms with Gasteiger partial charge in [-0.1, -0.05) is 19.6 Å². The molecule has 31 heavy (non-hydrogen) atoms. The van der Waals surface area contributed by atoms with Crippen LogP contribution in [0.5, 0.6) is 5.75 Å². The van der Waals surface area contributed by atoms with Crippen LogP contribution in [0.25, 0.3) is 10.9 Å². The Balaban J connectivity index is 1.77. The van der Waals surface area contributed by atoms with Crippen molar-refractivity contribution in [3.05, 3.63) is 58.2 Å². The molecule has 9 heteroatoms. The van der Waals surface area contributed by atoms with E-state index in [1.54, 1.807) is 6.20 Å². The van der Waals surface area contributed by atoms with E-state index in [0.29, 0.717) is 24.8 Å². The van der Waals surface area contributed by atoms with Gasteiger partial charge in [0.05, 0.1) is 30.4 Å². The van der Waals surface area contributed by atoms with Gasteiger partial charge in [-0.25, -0.2) is 4.39 Å². The molecule has 0 radical (unpaired) electrons. The lowest BCUT2D eigenvalue weighted by atomic mass is 10.1. The van der Waals surface area contributed by atoms with Crippen molar-refractivity contribution in [3.8, 4) is 5.75 Å². The molecular formula is C22H27BrFN3O3Si. The summed E-state index contributed by atoms with van der Waals surface area (Å²) in [7, 11) is 0.282. The number of carbonyl (C=O) groups excluding carboxylic acids is 1. The average molecular weight is 508 g/mol. The summed E-state index contributed by atoms with van der Waals surface area (Å²) < 4.78 is 27.6. The lowest BCUT2D eigenvalue weighted by Crippen LogP contribution is -2.24. The second-order valence-corrected chi connectivity index (χ2v) is 15.0. The summed E-state index contributed by atoms with van der Waals surface area (Å²) >= 11 is 3.54. The number of hydrogen-bond acceptors (Lipinski definition) is 4. The normalized spacial score (nSPS) is 11.7. The van der Waals surface area contributed by atoms with Gasteiger partial charge in [-0.15, -0.1) is 0 Å². The van der Waals surface area contributed by atoms with Crippen LogP contribution in [0.15, 0.2) is 41.1 Å². The van der Waals surface area contributed by atoms with Crippen molar-refractivity contribution in [1.29, 1.82) is 0 Å². The standard InChI is InChI=1S/C22H27BrFN3O3Si/c1-29-20-6-5-15(24)11-17(20)22(28)26-13-19-21-16(18(23)12-25-19)7-8-27(21)14-30-9-10-31(2,3)4/h5-8,11-12H,9-10,13-14H2,1-4H3,(H,26,28). The fourth-order valence-corrected chi connectivity index (χ4v) is 4.33. The Bertz CT molecular complexity index is 1080. The Morgan fingerprint density at radius 3 is 2.77 bits per heavy atom. The predicted molar refractivity (Wildman–Crippen MR) is 126 cm³/mol. The molecule has 0 unspecified atom stereocenters. The van der Waals surface area contributed by atoms with Crippen molar-refractivity contribution in [2.45, 2.75) is 39.0 Å². The van der Waals surface area contributed by atoms with Gasteiger partial charge in [0.25, 0.3) is 5.91 Å². The van der Waals surface area contributed by atoms with Gasteiger partial charge >= 0.3 is 0 Å².